The van der Waals surface area contributed by atoms with E-state index in [4.69, 9.17) is 37.4 Å². The maximum atomic E-state index is 6.52. The summed E-state index contributed by atoms with van der Waals surface area (Å²) in [6.45, 7) is 15.8. The van der Waals surface area contributed by atoms with E-state index in [1.165, 1.54) is 11.1 Å². The Kier molecular flexibility index (Phi) is 8.54. The van der Waals surface area contributed by atoms with Crippen molar-refractivity contribution in [2.24, 2.45) is 11.3 Å². The Balaban J connectivity index is 1.64. The van der Waals surface area contributed by atoms with E-state index in [0.717, 1.165) is 59.4 Å². The average molecular weight is 534 g/mol. The van der Waals surface area contributed by atoms with Gasteiger partial charge >= 0.3 is 0 Å². The minimum absolute atomic E-state index is 0.138. The van der Waals surface area contributed by atoms with Crippen LogP contribution in [0.25, 0.3) is 0 Å². The highest BCUT2D eigenvalue weighted by Crippen LogP contribution is 2.52. The average Bonchev–Trinajstić information content (AvgIpc) is 2.86. The SMILES string of the molecule is Cc1cc(C(C)C(C)CCCCl)cc2c1OC1OC2Oc2c(C)cc(C(C)C(C)(C)CCCCl)cc21. The van der Waals surface area contributed by atoms with Crippen LogP contribution in [-0.4, -0.2) is 11.8 Å². The van der Waals surface area contributed by atoms with Crippen LogP contribution >= 0.6 is 23.2 Å². The molecule has 5 atom stereocenters. The van der Waals surface area contributed by atoms with Crippen LogP contribution in [-0.2, 0) is 4.74 Å². The van der Waals surface area contributed by atoms with Crippen LogP contribution in [0.5, 0.6) is 11.5 Å². The van der Waals surface area contributed by atoms with Crippen molar-refractivity contribution in [2.45, 2.75) is 98.6 Å². The number of fused-ring (bicyclic) bond motifs is 6. The standard InChI is InChI=1S/C31H42Cl2O3/c1-18(10-8-12-32)21(4)23-14-19(2)27-25(16-23)29-35-28-20(3)15-24(17-26(28)30(34-27)36-29)22(5)31(6,7)11-9-13-33/h14-18,21-22,29-30H,8-13H2,1-7H3. The first kappa shape index (κ1) is 27.6. The number of halogens is 2. The van der Waals surface area contributed by atoms with Crippen LogP contribution in [0.1, 0.15) is 118 Å². The van der Waals surface area contributed by atoms with Gasteiger partial charge in [-0.1, -0.05) is 46.8 Å². The summed E-state index contributed by atoms with van der Waals surface area (Å²) in [4.78, 5) is 0. The largest absolute Gasteiger partial charge is 0.459 e. The summed E-state index contributed by atoms with van der Waals surface area (Å²) >= 11 is 11.9. The molecule has 0 aromatic heterocycles. The fourth-order valence-electron chi connectivity index (χ4n) is 5.67. The molecule has 0 saturated carbocycles. The quantitative estimate of drug-likeness (QED) is 0.285. The van der Waals surface area contributed by atoms with Gasteiger partial charge < -0.3 is 9.47 Å². The Bertz CT molecular complexity index is 1080. The molecule has 2 heterocycles. The second kappa shape index (κ2) is 11.1. The van der Waals surface area contributed by atoms with Crippen LogP contribution in [0.4, 0.5) is 0 Å². The van der Waals surface area contributed by atoms with Crippen LogP contribution in [0.3, 0.4) is 0 Å². The molecule has 198 valence electrons. The van der Waals surface area contributed by atoms with Gasteiger partial charge in [0.2, 0.25) is 12.6 Å². The minimum atomic E-state index is -0.465. The third-order valence-corrected chi connectivity index (χ3v) is 9.19. The molecule has 0 N–H and O–H groups in total. The maximum Gasteiger partial charge on any atom is 0.233 e. The molecule has 2 aromatic carbocycles. The monoisotopic (exact) mass is 532 g/mol. The number of benzene rings is 2. The van der Waals surface area contributed by atoms with Gasteiger partial charge in [-0.2, -0.15) is 0 Å². The topological polar surface area (TPSA) is 27.7 Å². The predicted octanol–water partition coefficient (Wildman–Crippen LogP) is 9.71. The van der Waals surface area contributed by atoms with Crippen LogP contribution in [0.15, 0.2) is 24.3 Å². The highest BCUT2D eigenvalue weighted by atomic mass is 35.5. The van der Waals surface area contributed by atoms with Crippen molar-refractivity contribution in [3.63, 3.8) is 0 Å². The molecular formula is C31H42Cl2O3. The van der Waals surface area contributed by atoms with Crippen molar-refractivity contribution in [1.29, 1.82) is 0 Å². The first-order valence-electron chi connectivity index (χ1n) is 13.5. The molecule has 2 aromatic rings. The third kappa shape index (κ3) is 5.40. The fraction of sp³-hybridized carbons (Fsp3) is 0.613. The van der Waals surface area contributed by atoms with Gasteiger partial charge in [0.05, 0.1) is 11.1 Å². The lowest BCUT2D eigenvalue weighted by atomic mass is 9.72. The van der Waals surface area contributed by atoms with E-state index in [2.05, 4.69) is 72.7 Å². The van der Waals surface area contributed by atoms with E-state index in [1.807, 2.05) is 0 Å². The van der Waals surface area contributed by atoms with Gasteiger partial charge in [0.15, 0.2) is 0 Å². The van der Waals surface area contributed by atoms with Crippen molar-refractivity contribution in [3.8, 4) is 11.5 Å². The Morgan fingerprint density at radius 2 is 1.33 bits per heavy atom. The lowest BCUT2D eigenvalue weighted by Crippen LogP contribution is -2.31. The highest BCUT2D eigenvalue weighted by Gasteiger charge is 2.40. The van der Waals surface area contributed by atoms with Crippen LogP contribution in [0.2, 0.25) is 0 Å². The van der Waals surface area contributed by atoms with Crippen LogP contribution in [0, 0.1) is 25.2 Å². The summed E-state index contributed by atoms with van der Waals surface area (Å²) in [6.07, 6.45) is 3.33. The van der Waals surface area contributed by atoms with Gasteiger partial charge in [0.1, 0.15) is 11.5 Å². The molecule has 36 heavy (non-hydrogen) atoms. The molecule has 0 amide bonds. The van der Waals surface area contributed by atoms with Crippen molar-refractivity contribution < 1.29 is 14.2 Å². The number of alkyl halides is 2. The number of hydrogen-bond acceptors (Lipinski definition) is 3. The number of rotatable bonds is 10. The van der Waals surface area contributed by atoms with Crippen molar-refractivity contribution in [1.82, 2.24) is 0 Å². The highest BCUT2D eigenvalue weighted by molar-refractivity contribution is 6.18. The molecule has 5 unspecified atom stereocenters. The molecule has 0 saturated heterocycles. The second-order valence-electron chi connectivity index (χ2n) is 11.6. The zero-order chi connectivity index (χ0) is 26.2. The summed E-state index contributed by atoms with van der Waals surface area (Å²) in [5.74, 6) is 4.52. The molecule has 4 rings (SSSR count). The van der Waals surface area contributed by atoms with Gasteiger partial charge in [0, 0.05) is 11.8 Å². The summed E-state index contributed by atoms with van der Waals surface area (Å²) in [6, 6.07) is 8.99. The lowest BCUT2D eigenvalue weighted by molar-refractivity contribution is -0.228. The van der Waals surface area contributed by atoms with E-state index >= 15 is 0 Å². The van der Waals surface area contributed by atoms with Gasteiger partial charge in [-0.3, -0.25) is 4.74 Å². The predicted molar refractivity (Wildman–Crippen MR) is 150 cm³/mol. The zero-order valence-electron chi connectivity index (χ0n) is 22.9. The van der Waals surface area contributed by atoms with Crippen molar-refractivity contribution in [3.05, 3.63) is 57.6 Å². The summed E-state index contributed by atoms with van der Waals surface area (Å²) in [7, 11) is 0. The van der Waals surface area contributed by atoms with Crippen molar-refractivity contribution >= 4 is 23.2 Å². The molecule has 5 heteroatoms. The van der Waals surface area contributed by atoms with Gasteiger partial charge in [-0.15, -0.1) is 23.2 Å². The van der Waals surface area contributed by atoms with Crippen LogP contribution < -0.4 is 9.47 Å². The molecule has 3 nitrogen and oxygen atoms in total. The van der Waals surface area contributed by atoms with Gasteiger partial charge in [0.25, 0.3) is 0 Å². The number of ether oxygens (including phenoxy) is 3. The molecule has 0 aliphatic carbocycles. The molecule has 0 fully saturated rings. The fourth-order valence-corrected chi connectivity index (χ4v) is 5.96. The lowest BCUT2D eigenvalue weighted by Gasteiger charge is -2.40. The Morgan fingerprint density at radius 3 is 1.89 bits per heavy atom. The first-order valence-corrected chi connectivity index (χ1v) is 14.5. The van der Waals surface area contributed by atoms with E-state index in [-0.39, 0.29) is 5.41 Å². The second-order valence-corrected chi connectivity index (χ2v) is 12.4. The molecule has 0 spiro atoms. The molecule has 2 aliphatic heterocycles. The van der Waals surface area contributed by atoms with E-state index in [9.17, 15) is 0 Å². The smallest absolute Gasteiger partial charge is 0.233 e. The van der Waals surface area contributed by atoms with Crippen molar-refractivity contribution in [2.75, 3.05) is 11.8 Å². The summed E-state index contributed by atoms with van der Waals surface area (Å²) in [5.41, 5.74) is 6.96. The zero-order valence-corrected chi connectivity index (χ0v) is 24.4. The number of aryl methyl sites for hydroxylation is 2. The Labute approximate surface area is 227 Å². The maximum absolute atomic E-state index is 6.52. The molecule has 2 bridgehead atoms. The molecular weight excluding hydrogens is 491 g/mol. The Hall–Kier alpha value is -1.42. The minimum Gasteiger partial charge on any atom is -0.459 e. The van der Waals surface area contributed by atoms with Gasteiger partial charge in [-0.05, 0) is 97.1 Å². The normalized spacial score (nSPS) is 21.0. The number of hydrogen-bond donors (Lipinski definition) is 0. The van der Waals surface area contributed by atoms with E-state index in [0.29, 0.717) is 29.5 Å². The van der Waals surface area contributed by atoms with E-state index < -0.39 is 12.6 Å². The summed E-state index contributed by atoms with van der Waals surface area (Å²) < 4.78 is 19.4. The molecule has 0 radical (unpaired) electrons. The van der Waals surface area contributed by atoms with Gasteiger partial charge in [-0.25, -0.2) is 0 Å². The Morgan fingerprint density at radius 1 is 0.806 bits per heavy atom. The summed E-state index contributed by atoms with van der Waals surface area (Å²) in [5, 5.41) is 0. The third-order valence-electron chi connectivity index (χ3n) is 8.66. The molecule has 2 aliphatic rings. The van der Waals surface area contributed by atoms with E-state index in [1.54, 1.807) is 0 Å². The first-order chi connectivity index (χ1) is 17.1.